The van der Waals surface area contributed by atoms with Crippen molar-refractivity contribution < 1.29 is 19.7 Å². The minimum Gasteiger partial charge on any atom is -0.509 e. The third kappa shape index (κ3) is 2.38. The highest BCUT2D eigenvalue weighted by Crippen LogP contribution is 1.99. The molecule has 3 N–H and O–H groups in total. The Labute approximate surface area is 63.4 Å². The Bertz CT molecular complexity index is 197. The van der Waals surface area contributed by atoms with E-state index in [1.807, 2.05) is 0 Å². The maximum absolute atomic E-state index is 10.6. The van der Waals surface area contributed by atoms with Gasteiger partial charge in [-0.25, -0.2) is 4.79 Å². The average molecular weight is 159 g/mol. The van der Waals surface area contributed by atoms with Crippen molar-refractivity contribution in [1.29, 1.82) is 5.41 Å². The van der Waals surface area contributed by atoms with Crippen molar-refractivity contribution in [3.05, 3.63) is 11.3 Å². The van der Waals surface area contributed by atoms with E-state index in [1.54, 1.807) is 0 Å². The molecule has 0 unspecified atom stereocenters. The lowest BCUT2D eigenvalue weighted by Crippen LogP contribution is -2.10. The second-order valence-electron chi connectivity index (χ2n) is 1.65. The lowest BCUT2D eigenvalue weighted by molar-refractivity contribution is -0.135. The van der Waals surface area contributed by atoms with Crippen molar-refractivity contribution in [2.45, 2.75) is 0 Å². The molecule has 0 spiro atoms. The first-order chi connectivity index (χ1) is 5.17. The fourth-order valence-corrected chi connectivity index (χ4v) is 0.455. The number of nitrogens with one attached hydrogen (secondary N) is 1. The second-order valence-corrected chi connectivity index (χ2v) is 1.65. The highest BCUT2D eigenvalue weighted by atomic mass is 16.5. The van der Waals surface area contributed by atoms with Crippen LogP contribution in [0.25, 0.3) is 0 Å². The SMILES string of the molecule is COC(=O)C(C=N)=C(O)CO. The third-order valence-corrected chi connectivity index (χ3v) is 1.01. The zero-order chi connectivity index (χ0) is 8.85. The van der Waals surface area contributed by atoms with E-state index in [2.05, 4.69) is 4.74 Å². The topological polar surface area (TPSA) is 90.6 Å². The number of rotatable bonds is 3. The van der Waals surface area contributed by atoms with Crippen LogP contribution in [0.3, 0.4) is 0 Å². The fraction of sp³-hybridized carbons (Fsp3) is 0.333. The van der Waals surface area contributed by atoms with Crippen molar-refractivity contribution in [2.24, 2.45) is 0 Å². The first-order valence-corrected chi connectivity index (χ1v) is 2.79. The molecule has 11 heavy (non-hydrogen) atoms. The molecular formula is C6H9NO4. The minimum absolute atomic E-state index is 0.338. The second kappa shape index (κ2) is 4.45. The van der Waals surface area contributed by atoms with E-state index in [9.17, 15) is 4.79 Å². The molecule has 0 rings (SSSR count). The largest absolute Gasteiger partial charge is 0.509 e. The summed E-state index contributed by atoms with van der Waals surface area (Å²) in [6.45, 7) is -0.681. The fourth-order valence-electron chi connectivity index (χ4n) is 0.455. The molecule has 0 amide bonds. The molecule has 5 heteroatoms. The van der Waals surface area contributed by atoms with Gasteiger partial charge in [0.25, 0.3) is 0 Å². The summed E-state index contributed by atoms with van der Waals surface area (Å²) in [6.07, 6.45) is 0.622. The monoisotopic (exact) mass is 159 g/mol. The van der Waals surface area contributed by atoms with Gasteiger partial charge in [-0.05, 0) is 0 Å². The molecule has 0 aliphatic heterocycles. The molecule has 0 aromatic rings. The van der Waals surface area contributed by atoms with Crippen molar-refractivity contribution in [1.82, 2.24) is 0 Å². The van der Waals surface area contributed by atoms with Crippen LogP contribution in [0.15, 0.2) is 11.3 Å². The maximum atomic E-state index is 10.6. The van der Waals surface area contributed by atoms with Crippen molar-refractivity contribution >= 4 is 12.2 Å². The van der Waals surface area contributed by atoms with Crippen LogP contribution in [0.5, 0.6) is 0 Å². The molecule has 0 saturated heterocycles. The van der Waals surface area contributed by atoms with Crippen LogP contribution in [0.2, 0.25) is 0 Å². The normalized spacial score (nSPS) is 11.8. The van der Waals surface area contributed by atoms with E-state index in [0.717, 1.165) is 7.11 Å². The molecule has 0 aromatic carbocycles. The van der Waals surface area contributed by atoms with Gasteiger partial charge in [0, 0.05) is 6.21 Å². The van der Waals surface area contributed by atoms with E-state index in [4.69, 9.17) is 15.6 Å². The zero-order valence-electron chi connectivity index (χ0n) is 6.00. The van der Waals surface area contributed by atoms with Crippen molar-refractivity contribution in [3.8, 4) is 0 Å². The number of methoxy groups -OCH3 is 1. The predicted octanol–water partition coefficient (Wildman–Crippen LogP) is -0.387. The third-order valence-electron chi connectivity index (χ3n) is 1.01. The first kappa shape index (κ1) is 9.64. The summed E-state index contributed by atoms with van der Waals surface area (Å²) in [5, 5.41) is 23.8. The summed E-state index contributed by atoms with van der Waals surface area (Å²) < 4.78 is 4.21. The maximum Gasteiger partial charge on any atom is 0.342 e. The number of hydrogen-bond donors (Lipinski definition) is 3. The van der Waals surface area contributed by atoms with Gasteiger partial charge in [0.05, 0.1) is 7.11 Å². The van der Waals surface area contributed by atoms with E-state index in [1.165, 1.54) is 0 Å². The van der Waals surface area contributed by atoms with Crippen LogP contribution in [-0.2, 0) is 9.53 Å². The van der Waals surface area contributed by atoms with Gasteiger partial charge in [0.1, 0.15) is 17.9 Å². The number of hydrogen-bond acceptors (Lipinski definition) is 5. The quantitative estimate of drug-likeness (QED) is 0.226. The highest BCUT2D eigenvalue weighted by molar-refractivity contribution is 6.08. The van der Waals surface area contributed by atoms with E-state index < -0.39 is 18.3 Å². The molecule has 0 fully saturated rings. The summed E-state index contributed by atoms with van der Waals surface area (Å²) in [5.41, 5.74) is -0.338. The van der Waals surface area contributed by atoms with Gasteiger partial charge in [-0.2, -0.15) is 0 Å². The molecule has 0 atom stereocenters. The lowest BCUT2D eigenvalue weighted by Gasteiger charge is -2.00. The molecule has 0 bridgehead atoms. The molecule has 0 heterocycles. The Morgan fingerprint density at radius 1 is 1.73 bits per heavy atom. The van der Waals surface area contributed by atoms with Crippen LogP contribution in [0, 0.1) is 5.41 Å². The van der Waals surface area contributed by atoms with Crippen molar-refractivity contribution in [3.63, 3.8) is 0 Å². The Kier molecular flexibility index (Phi) is 3.90. The smallest absolute Gasteiger partial charge is 0.342 e. The van der Waals surface area contributed by atoms with Crippen LogP contribution in [-0.4, -0.2) is 36.1 Å². The summed E-state index contributed by atoms with van der Waals surface area (Å²) in [5.74, 6) is -1.40. The van der Waals surface area contributed by atoms with Gasteiger partial charge in [0.15, 0.2) is 0 Å². The summed E-state index contributed by atoms with van der Waals surface area (Å²) in [6, 6.07) is 0. The predicted molar refractivity (Wildman–Crippen MR) is 37.5 cm³/mol. The number of aliphatic hydroxyl groups is 2. The van der Waals surface area contributed by atoms with Gasteiger partial charge < -0.3 is 20.4 Å². The van der Waals surface area contributed by atoms with E-state index >= 15 is 0 Å². The van der Waals surface area contributed by atoms with Crippen molar-refractivity contribution in [2.75, 3.05) is 13.7 Å². The van der Waals surface area contributed by atoms with Crippen LogP contribution >= 0.6 is 0 Å². The Balaban J connectivity index is 4.64. The van der Waals surface area contributed by atoms with E-state index in [0.29, 0.717) is 6.21 Å². The zero-order valence-corrected chi connectivity index (χ0v) is 6.00. The summed E-state index contributed by atoms with van der Waals surface area (Å²) in [7, 11) is 1.12. The Morgan fingerprint density at radius 2 is 2.27 bits per heavy atom. The highest BCUT2D eigenvalue weighted by Gasteiger charge is 2.11. The lowest BCUT2D eigenvalue weighted by atomic mass is 10.2. The minimum atomic E-state index is -0.841. The van der Waals surface area contributed by atoms with Gasteiger partial charge in [-0.3, -0.25) is 0 Å². The molecule has 0 aliphatic rings. The number of ether oxygens (including phenoxy) is 1. The molecule has 62 valence electrons. The first-order valence-electron chi connectivity index (χ1n) is 2.79. The standard InChI is InChI=1S/C6H9NO4/c1-11-6(10)4(2-7)5(9)3-8/h2,7-9H,3H2,1H3. The van der Waals surface area contributed by atoms with E-state index in [-0.39, 0.29) is 5.57 Å². The van der Waals surface area contributed by atoms with Gasteiger partial charge in [-0.1, -0.05) is 0 Å². The number of aliphatic hydroxyl groups excluding tert-OH is 2. The van der Waals surface area contributed by atoms with Gasteiger partial charge in [0.2, 0.25) is 0 Å². The average Bonchev–Trinajstić information content (AvgIpc) is 2.05. The van der Waals surface area contributed by atoms with Crippen LogP contribution < -0.4 is 0 Å². The van der Waals surface area contributed by atoms with Crippen LogP contribution in [0.4, 0.5) is 0 Å². The van der Waals surface area contributed by atoms with Gasteiger partial charge >= 0.3 is 5.97 Å². The van der Waals surface area contributed by atoms with Gasteiger partial charge in [-0.15, -0.1) is 0 Å². The molecule has 0 aliphatic carbocycles. The summed E-state index contributed by atoms with van der Waals surface area (Å²) >= 11 is 0. The molecular weight excluding hydrogens is 150 g/mol. The molecule has 0 aromatic heterocycles. The molecule has 5 nitrogen and oxygen atoms in total. The molecule has 0 radical (unpaired) electrons. The number of carbonyl (C=O) groups excluding carboxylic acids is 1. The Hall–Kier alpha value is -1.36. The summed E-state index contributed by atoms with van der Waals surface area (Å²) in [4.78, 5) is 10.6. The Morgan fingerprint density at radius 3 is 2.55 bits per heavy atom. The number of carbonyl (C=O) groups is 1. The molecule has 0 saturated carbocycles. The number of esters is 1. The van der Waals surface area contributed by atoms with Crippen LogP contribution in [0.1, 0.15) is 0 Å².